The first-order chi connectivity index (χ1) is 9.45. The van der Waals surface area contributed by atoms with Crippen molar-refractivity contribution < 1.29 is 24.4 Å². The van der Waals surface area contributed by atoms with Crippen molar-refractivity contribution in [1.29, 1.82) is 0 Å². The highest BCUT2D eigenvalue weighted by atomic mass is 16.4. The standard InChI is InChI=1S/C8H6O4.C6H11N2/c9-7(10)5-3-1-2-4-6(5)8(11)12;1-3-8-5-4-7(2)6-8/h1-4H,(H,9,10)(H,11,12);4-6H,3H2,1-2H3/q;+1/p-1. The van der Waals surface area contributed by atoms with E-state index < -0.39 is 11.9 Å². The molecule has 6 heteroatoms. The molecule has 0 aliphatic carbocycles. The third-order valence-electron chi connectivity index (χ3n) is 2.57. The lowest BCUT2D eigenvalue weighted by atomic mass is 10.1. The van der Waals surface area contributed by atoms with E-state index in [1.54, 1.807) is 0 Å². The summed E-state index contributed by atoms with van der Waals surface area (Å²) in [5, 5.41) is 18.9. The highest BCUT2D eigenvalue weighted by Gasteiger charge is 2.08. The highest BCUT2D eigenvalue weighted by Crippen LogP contribution is 2.06. The lowest BCUT2D eigenvalue weighted by Gasteiger charge is -2.04. The molecular weight excluding hydrogens is 260 g/mol. The SMILES string of the molecule is CCn1cc[n+](C)c1.O=C([O-])c1ccccc1C(=O)O. The molecule has 2 aromatic rings. The molecule has 0 aliphatic rings. The number of aromatic nitrogens is 2. The van der Waals surface area contributed by atoms with Gasteiger partial charge in [-0.25, -0.2) is 13.9 Å². The Balaban J connectivity index is 0.000000217. The van der Waals surface area contributed by atoms with E-state index in [0.29, 0.717) is 0 Å². The fourth-order valence-electron chi connectivity index (χ4n) is 1.54. The van der Waals surface area contributed by atoms with Gasteiger partial charge in [0, 0.05) is 5.56 Å². The van der Waals surface area contributed by atoms with Crippen LogP contribution in [0.1, 0.15) is 27.6 Å². The number of benzene rings is 1. The Labute approximate surface area is 116 Å². The molecule has 0 saturated carbocycles. The highest BCUT2D eigenvalue weighted by molar-refractivity contribution is 6.00. The number of rotatable bonds is 3. The van der Waals surface area contributed by atoms with Gasteiger partial charge in [-0.15, -0.1) is 0 Å². The monoisotopic (exact) mass is 276 g/mol. The summed E-state index contributed by atoms with van der Waals surface area (Å²) in [5.41, 5.74) is -0.553. The summed E-state index contributed by atoms with van der Waals surface area (Å²) in [7, 11) is 2.02. The summed E-state index contributed by atoms with van der Waals surface area (Å²) in [4.78, 5) is 20.8. The average Bonchev–Trinajstić information content (AvgIpc) is 2.85. The number of carboxylic acids is 2. The van der Waals surface area contributed by atoms with Crippen LogP contribution < -0.4 is 9.67 Å². The lowest BCUT2D eigenvalue weighted by Crippen LogP contribution is -2.24. The molecule has 20 heavy (non-hydrogen) atoms. The van der Waals surface area contributed by atoms with Gasteiger partial charge < -0.3 is 15.0 Å². The van der Waals surface area contributed by atoms with Crippen molar-refractivity contribution in [3.05, 3.63) is 54.1 Å². The van der Waals surface area contributed by atoms with Crippen LogP contribution in [-0.2, 0) is 13.6 Å². The lowest BCUT2D eigenvalue weighted by molar-refractivity contribution is -0.671. The predicted molar refractivity (Wildman–Crippen MR) is 69.0 cm³/mol. The maximum absolute atomic E-state index is 10.4. The number of aromatic carboxylic acids is 2. The molecule has 0 fully saturated rings. The zero-order chi connectivity index (χ0) is 15.1. The molecule has 0 bridgehead atoms. The predicted octanol–water partition coefficient (Wildman–Crippen LogP) is 0.0808. The number of hydrogen-bond acceptors (Lipinski definition) is 3. The van der Waals surface area contributed by atoms with Gasteiger partial charge in [0.25, 0.3) is 0 Å². The molecule has 1 N–H and O–H groups in total. The molecule has 1 heterocycles. The second kappa shape index (κ2) is 7.08. The maximum Gasteiger partial charge on any atom is 0.336 e. The Morgan fingerprint density at radius 1 is 1.30 bits per heavy atom. The summed E-state index contributed by atoms with van der Waals surface area (Å²) in [6.45, 7) is 3.18. The van der Waals surface area contributed by atoms with Gasteiger partial charge in [0.2, 0.25) is 6.33 Å². The van der Waals surface area contributed by atoms with E-state index in [4.69, 9.17) is 5.11 Å². The van der Waals surface area contributed by atoms with E-state index >= 15 is 0 Å². The summed E-state index contributed by atoms with van der Waals surface area (Å²) < 4.78 is 4.16. The molecule has 0 amide bonds. The molecule has 0 unspecified atom stereocenters. The summed E-state index contributed by atoms with van der Waals surface area (Å²) in [5.74, 6) is -2.75. The molecule has 2 rings (SSSR count). The largest absolute Gasteiger partial charge is 0.545 e. The first kappa shape index (κ1) is 15.4. The zero-order valence-electron chi connectivity index (χ0n) is 11.3. The smallest absolute Gasteiger partial charge is 0.336 e. The van der Waals surface area contributed by atoms with Crippen LogP contribution in [0.4, 0.5) is 0 Å². The Hall–Kier alpha value is -2.63. The molecule has 6 nitrogen and oxygen atoms in total. The molecule has 106 valence electrons. The van der Waals surface area contributed by atoms with E-state index in [9.17, 15) is 14.7 Å². The van der Waals surface area contributed by atoms with Crippen molar-refractivity contribution >= 4 is 11.9 Å². The van der Waals surface area contributed by atoms with Gasteiger partial charge in [-0.3, -0.25) is 0 Å². The van der Waals surface area contributed by atoms with Crippen molar-refractivity contribution in [2.24, 2.45) is 7.05 Å². The topological polar surface area (TPSA) is 86.2 Å². The second-order valence-electron chi connectivity index (χ2n) is 4.05. The molecule has 0 radical (unpaired) electrons. The summed E-state index contributed by atoms with van der Waals surface area (Å²) in [6, 6.07) is 5.31. The quantitative estimate of drug-likeness (QED) is 0.804. The first-order valence-electron chi connectivity index (χ1n) is 6.00. The number of aryl methyl sites for hydroxylation is 2. The molecular formula is C14H16N2O4. The fraction of sp³-hybridized carbons (Fsp3) is 0.214. The number of carboxylic acid groups (broad SMARTS) is 2. The Kier molecular flexibility index (Phi) is 5.46. The molecule has 0 spiro atoms. The number of carbonyl (C=O) groups excluding carboxylic acids is 1. The molecule has 0 atom stereocenters. The van der Waals surface area contributed by atoms with Gasteiger partial charge in [0.1, 0.15) is 12.4 Å². The van der Waals surface area contributed by atoms with Crippen molar-refractivity contribution in [2.45, 2.75) is 13.5 Å². The Morgan fingerprint density at radius 2 is 1.90 bits per heavy atom. The van der Waals surface area contributed by atoms with Crippen molar-refractivity contribution in [3.63, 3.8) is 0 Å². The Bertz CT molecular complexity index is 572. The van der Waals surface area contributed by atoms with Crippen LogP contribution in [0.15, 0.2) is 43.0 Å². The van der Waals surface area contributed by atoms with E-state index in [0.717, 1.165) is 6.54 Å². The molecule has 1 aromatic heterocycles. The molecule has 0 aliphatic heterocycles. The van der Waals surface area contributed by atoms with Gasteiger partial charge >= 0.3 is 5.97 Å². The number of imidazole rings is 1. The van der Waals surface area contributed by atoms with Crippen molar-refractivity contribution in [3.8, 4) is 0 Å². The normalized spacial score (nSPS) is 9.50. The van der Waals surface area contributed by atoms with Crippen LogP contribution in [0, 0.1) is 0 Å². The Morgan fingerprint density at radius 3 is 2.20 bits per heavy atom. The van der Waals surface area contributed by atoms with Crippen LogP contribution in [0.5, 0.6) is 0 Å². The average molecular weight is 276 g/mol. The number of hydrogen-bond donors (Lipinski definition) is 1. The first-order valence-corrected chi connectivity index (χ1v) is 6.00. The maximum atomic E-state index is 10.4. The van der Waals surface area contributed by atoms with Gasteiger partial charge in [0.05, 0.1) is 25.1 Å². The van der Waals surface area contributed by atoms with Crippen molar-refractivity contribution in [1.82, 2.24) is 4.57 Å². The van der Waals surface area contributed by atoms with Crippen LogP contribution in [-0.4, -0.2) is 21.6 Å². The number of carbonyl (C=O) groups is 2. The molecule has 0 saturated heterocycles. The van der Waals surface area contributed by atoms with Gasteiger partial charge in [-0.05, 0) is 13.0 Å². The van der Waals surface area contributed by atoms with Crippen LogP contribution in [0.2, 0.25) is 0 Å². The minimum Gasteiger partial charge on any atom is -0.545 e. The van der Waals surface area contributed by atoms with Crippen LogP contribution >= 0.6 is 0 Å². The van der Waals surface area contributed by atoms with E-state index in [1.165, 1.54) is 24.3 Å². The summed E-state index contributed by atoms with van der Waals surface area (Å²) in [6.07, 6.45) is 6.14. The summed E-state index contributed by atoms with van der Waals surface area (Å²) >= 11 is 0. The third-order valence-corrected chi connectivity index (χ3v) is 2.57. The fourth-order valence-corrected chi connectivity index (χ4v) is 1.54. The third kappa shape index (κ3) is 4.24. The van der Waals surface area contributed by atoms with E-state index in [1.807, 2.05) is 17.8 Å². The van der Waals surface area contributed by atoms with E-state index in [2.05, 4.69) is 24.0 Å². The van der Waals surface area contributed by atoms with Crippen LogP contribution in [0.25, 0.3) is 0 Å². The van der Waals surface area contributed by atoms with Gasteiger partial charge in [0.15, 0.2) is 0 Å². The van der Waals surface area contributed by atoms with Crippen molar-refractivity contribution in [2.75, 3.05) is 0 Å². The zero-order valence-corrected chi connectivity index (χ0v) is 11.3. The van der Waals surface area contributed by atoms with Crippen LogP contribution in [0.3, 0.4) is 0 Å². The number of nitrogens with zero attached hydrogens (tertiary/aromatic N) is 2. The van der Waals surface area contributed by atoms with E-state index in [-0.39, 0.29) is 11.1 Å². The minimum atomic E-state index is -1.48. The minimum absolute atomic E-state index is 0.252. The van der Waals surface area contributed by atoms with Gasteiger partial charge in [-0.1, -0.05) is 18.2 Å². The second-order valence-corrected chi connectivity index (χ2v) is 4.05. The van der Waals surface area contributed by atoms with Gasteiger partial charge in [-0.2, -0.15) is 0 Å². The molecule has 1 aromatic carbocycles.